The first kappa shape index (κ1) is 24.5. The Hall–Kier alpha value is -1.66. The summed E-state index contributed by atoms with van der Waals surface area (Å²) in [4.78, 5) is 5.01. The minimum absolute atomic E-state index is 1.05. The van der Waals surface area contributed by atoms with Crippen molar-refractivity contribution < 1.29 is 0 Å². The fourth-order valence-electron chi connectivity index (χ4n) is 4.94. The molecule has 0 aliphatic heterocycles. The summed E-state index contributed by atoms with van der Waals surface area (Å²) in [5, 5.41) is 8.22. The molecule has 0 unspecified atom stereocenters. The number of benzene rings is 2. The van der Waals surface area contributed by atoms with Gasteiger partial charge in [0.25, 0.3) is 0 Å². The van der Waals surface area contributed by atoms with Gasteiger partial charge < -0.3 is 0 Å². The van der Waals surface area contributed by atoms with Crippen molar-refractivity contribution in [3.63, 3.8) is 0 Å². The SMILES string of the molecule is CCC[CH2][Sn]([CH2]CCC)([CH2]CCC)[c]1ccc2nc(-c3ccc(-c4ccn[nH]4)cc3)sc2c1. The van der Waals surface area contributed by atoms with Gasteiger partial charge in [0.2, 0.25) is 0 Å². The molecule has 0 saturated heterocycles. The number of thiazole rings is 1. The van der Waals surface area contributed by atoms with E-state index in [9.17, 15) is 0 Å². The molecule has 0 bridgehead atoms. The number of hydrogen-bond donors (Lipinski definition) is 1. The molecule has 4 rings (SSSR count). The van der Waals surface area contributed by atoms with Gasteiger partial charge in [0.05, 0.1) is 0 Å². The van der Waals surface area contributed by atoms with Gasteiger partial charge in [-0.15, -0.1) is 0 Å². The number of hydrogen-bond acceptors (Lipinski definition) is 3. The van der Waals surface area contributed by atoms with E-state index in [1.54, 1.807) is 9.78 Å². The average Bonchev–Trinajstić information content (AvgIpc) is 3.54. The normalized spacial score (nSPS) is 12.0. The molecule has 0 fully saturated rings. The van der Waals surface area contributed by atoms with E-state index >= 15 is 0 Å². The van der Waals surface area contributed by atoms with Crippen molar-refractivity contribution in [3.8, 4) is 21.8 Å². The predicted octanol–water partition coefficient (Wildman–Crippen LogP) is 8.41. The van der Waals surface area contributed by atoms with Gasteiger partial charge in [0, 0.05) is 0 Å². The molecule has 1 N–H and O–H groups in total. The average molecular weight is 566 g/mol. The van der Waals surface area contributed by atoms with E-state index in [4.69, 9.17) is 4.98 Å². The Morgan fingerprint density at radius 1 is 0.788 bits per heavy atom. The van der Waals surface area contributed by atoms with E-state index in [0.717, 1.165) is 21.8 Å². The summed E-state index contributed by atoms with van der Waals surface area (Å²) in [5.41, 5.74) is 4.55. The van der Waals surface area contributed by atoms with E-state index in [1.165, 1.54) is 62.1 Å². The third-order valence-corrected chi connectivity index (χ3v) is 23.6. The molecule has 2 aromatic heterocycles. The first-order chi connectivity index (χ1) is 16.2. The monoisotopic (exact) mass is 567 g/mol. The Bertz CT molecular complexity index is 1110. The molecule has 33 heavy (non-hydrogen) atoms. The van der Waals surface area contributed by atoms with Crippen LogP contribution in [0.2, 0.25) is 13.3 Å². The molecule has 0 amide bonds. The summed E-state index contributed by atoms with van der Waals surface area (Å²) < 4.78 is 7.65. The second kappa shape index (κ2) is 11.7. The van der Waals surface area contributed by atoms with Crippen molar-refractivity contribution in [2.45, 2.75) is 72.6 Å². The second-order valence-electron chi connectivity index (χ2n) is 9.34. The van der Waals surface area contributed by atoms with E-state index in [2.05, 4.69) is 73.4 Å². The first-order valence-corrected chi connectivity index (χ1v) is 21.0. The zero-order chi connectivity index (χ0) is 23.1. The van der Waals surface area contributed by atoms with Crippen LogP contribution in [0.25, 0.3) is 32.0 Å². The quantitative estimate of drug-likeness (QED) is 0.175. The third kappa shape index (κ3) is 5.71. The second-order valence-corrected chi connectivity index (χ2v) is 23.6. The Kier molecular flexibility index (Phi) is 8.64. The summed E-state index contributed by atoms with van der Waals surface area (Å²) in [6.07, 6.45) is 9.95. The van der Waals surface area contributed by atoms with Crippen LogP contribution in [0.15, 0.2) is 54.7 Å². The van der Waals surface area contributed by atoms with Gasteiger partial charge in [-0.3, -0.25) is 0 Å². The van der Waals surface area contributed by atoms with E-state index in [0.29, 0.717) is 0 Å². The minimum atomic E-state index is -2.41. The van der Waals surface area contributed by atoms with Crippen LogP contribution in [-0.2, 0) is 0 Å². The summed E-state index contributed by atoms with van der Waals surface area (Å²) in [6, 6.07) is 18.0. The summed E-state index contributed by atoms with van der Waals surface area (Å²) in [6.45, 7) is 7.06. The molecule has 4 aromatic rings. The molecule has 0 atom stereocenters. The van der Waals surface area contributed by atoms with Crippen molar-refractivity contribution in [3.05, 3.63) is 54.7 Å². The van der Waals surface area contributed by atoms with Gasteiger partial charge in [-0.1, -0.05) is 0 Å². The molecule has 2 heterocycles. The topological polar surface area (TPSA) is 41.6 Å². The summed E-state index contributed by atoms with van der Waals surface area (Å²) >= 11 is -0.555. The molecule has 2 aromatic carbocycles. The van der Waals surface area contributed by atoms with Crippen LogP contribution in [0.5, 0.6) is 0 Å². The van der Waals surface area contributed by atoms with Gasteiger partial charge in [-0.2, -0.15) is 0 Å². The van der Waals surface area contributed by atoms with Crippen LogP contribution in [0.1, 0.15) is 59.3 Å². The van der Waals surface area contributed by atoms with Crippen LogP contribution < -0.4 is 3.58 Å². The van der Waals surface area contributed by atoms with Crippen LogP contribution in [0.3, 0.4) is 0 Å². The maximum atomic E-state index is 5.01. The van der Waals surface area contributed by atoms with Gasteiger partial charge in [-0.25, -0.2) is 0 Å². The summed E-state index contributed by atoms with van der Waals surface area (Å²) in [5.74, 6) is 0. The van der Waals surface area contributed by atoms with Crippen molar-refractivity contribution >= 4 is 43.5 Å². The first-order valence-electron chi connectivity index (χ1n) is 12.7. The molecule has 0 saturated carbocycles. The number of aromatic amines is 1. The summed E-state index contributed by atoms with van der Waals surface area (Å²) in [7, 11) is 0. The van der Waals surface area contributed by atoms with Crippen LogP contribution in [-0.4, -0.2) is 33.6 Å². The van der Waals surface area contributed by atoms with E-state index < -0.39 is 18.4 Å². The van der Waals surface area contributed by atoms with Crippen LogP contribution >= 0.6 is 11.3 Å². The molecule has 0 spiro atoms. The van der Waals surface area contributed by atoms with Crippen LogP contribution in [0.4, 0.5) is 0 Å². The molecular formula is C28H37N3SSn. The molecule has 0 aliphatic rings. The maximum absolute atomic E-state index is 5.01. The van der Waals surface area contributed by atoms with Gasteiger partial charge in [-0.05, 0) is 0 Å². The fraction of sp³-hybridized carbons (Fsp3) is 0.429. The number of fused-ring (bicyclic) bond motifs is 1. The zero-order valence-electron chi connectivity index (χ0n) is 20.4. The Morgan fingerprint density at radius 2 is 1.42 bits per heavy atom. The number of nitrogens with zero attached hydrogens (tertiary/aromatic N) is 2. The predicted molar refractivity (Wildman–Crippen MR) is 147 cm³/mol. The molecule has 0 radical (unpaired) electrons. The zero-order valence-corrected chi connectivity index (χ0v) is 24.0. The Labute approximate surface area is 206 Å². The van der Waals surface area contributed by atoms with Crippen molar-refractivity contribution in [2.75, 3.05) is 0 Å². The van der Waals surface area contributed by atoms with E-state index in [1.807, 2.05) is 17.4 Å². The van der Waals surface area contributed by atoms with E-state index in [-0.39, 0.29) is 0 Å². The molecule has 5 heteroatoms. The van der Waals surface area contributed by atoms with Gasteiger partial charge in [0.1, 0.15) is 0 Å². The van der Waals surface area contributed by atoms with Crippen molar-refractivity contribution in [2.24, 2.45) is 0 Å². The molecule has 174 valence electrons. The molecule has 3 nitrogen and oxygen atoms in total. The number of unbranched alkanes of at least 4 members (excludes halogenated alkanes) is 3. The standard InChI is InChI=1S/C16H10N3S.3C4H9.Sn/c1-2-4-15-14(3-1)18-16(20-15)12-7-5-11(6-8-12)13-9-10-17-19-13;3*1-3-4-2;/h1,3-10H,(H,17,19);3*1,3-4H2,2H3;. The number of nitrogens with one attached hydrogen (secondary N) is 1. The number of H-pyrrole nitrogens is 1. The fourth-order valence-corrected chi connectivity index (χ4v) is 22.2. The van der Waals surface area contributed by atoms with Crippen LogP contribution in [0, 0.1) is 0 Å². The Morgan fingerprint density at radius 3 is 2.00 bits per heavy atom. The Balaban J connectivity index is 1.66. The van der Waals surface area contributed by atoms with Gasteiger partial charge >= 0.3 is 208 Å². The molecular weight excluding hydrogens is 529 g/mol. The third-order valence-electron chi connectivity index (χ3n) is 6.97. The van der Waals surface area contributed by atoms with Gasteiger partial charge in [0.15, 0.2) is 0 Å². The number of rotatable bonds is 12. The number of aromatic nitrogens is 3. The molecule has 0 aliphatic carbocycles. The van der Waals surface area contributed by atoms with Crippen molar-refractivity contribution in [1.82, 2.24) is 15.2 Å². The van der Waals surface area contributed by atoms with Crippen molar-refractivity contribution in [1.29, 1.82) is 0 Å².